The molecule has 7 nitrogen and oxygen atoms in total. The van der Waals surface area contributed by atoms with Gasteiger partial charge in [-0.05, 0) is 60.5 Å². The van der Waals surface area contributed by atoms with Crippen molar-refractivity contribution in [2.24, 2.45) is 0 Å². The fraction of sp³-hybridized carbons (Fsp3) is 0.333. The summed E-state index contributed by atoms with van der Waals surface area (Å²) < 4.78 is 17.7. The van der Waals surface area contributed by atoms with Crippen molar-refractivity contribution in [1.29, 1.82) is 0 Å². The number of nitrogens with one attached hydrogen (secondary N) is 1. The largest absolute Gasteiger partial charge is 0.508 e. The SMILES string of the molecule is OCc1cc(C(O)CNCCc2ccc3c(c2)O[C@H](COCc2c(Cl)cccc2Cl)CO3)ccc1O. The van der Waals surface area contributed by atoms with E-state index in [1.54, 1.807) is 30.3 Å². The average molecular weight is 534 g/mol. The van der Waals surface area contributed by atoms with Crippen molar-refractivity contribution in [2.75, 3.05) is 26.3 Å². The summed E-state index contributed by atoms with van der Waals surface area (Å²) in [6.45, 7) is 1.71. The van der Waals surface area contributed by atoms with E-state index in [2.05, 4.69) is 5.32 Å². The number of aromatic hydroxyl groups is 1. The molecule has 192 valence electrons. The molecule has 0 aliphatic carbocycles. The molecule has 0 bridgehead atoms. The molecule has 1 heterocycles. The van der Waals surface area contributed by atoms with Crippen LogP contribution in [-0.2, 0) is 24.4 Å². The monoisotopic (exact) mass is 533 g/mol. The minimum Gasteiger partial charge on any atom is -0.508 e. The molecule has 0 saturated heterocycles. The summed E-state index contributed by atoms with van der Waals surface area (Å²) in [6.07, 6.45) is -0.276. The molecule has 1 aliphatic heterocycles. The Morgan fingerprint density at radius 2 is 1.86 bits per heavy atom. The topological polar surface area (TPSA) is 100 Å². The summed E-state index contributed by atoms with van der Waals surface area (Å²) >= 11 is 12.4. The van der Waals surface area contributed by atoms with Gasteiger partial charge in [-0.15, -0.1) is 0 Å². The summed E-state index contributed by atoms with van der Waals surface area (Å²) in [7, 11) is 0. The van der Waals surface area contributed by atoms with Crippen LogP contribution in [0.3, 0.4) is 0 Å². The van der Waals surface area contributed by atoms with Crippen molar-refractivity contribution in [2.45, 2.75) is 31.8 Å². The number of benzene rings is 3. The van der Waals surface area contributed by atoms with Gasteiger partial charge in [-0.1, -0.05) is 41.4 Å². The third-order valence-corrected chi connectivity index (χ3v) is 6.63. The fourth-order valence-electron chi connectivity index (χ4n) is 3.89. The maximum Gasteiger partial charge on any atom is 0.162 e. The lowest BCUT2D eigenvalue weighted by molar-refractivity contribution is 0.00270. The second-order valence-corrected chi connectivity index (χ2v) is 9.38. The third kappa shape index (κ3) is 6.82. The molecule has 3 aromatic rings. The molecular formula is C27H29Cl2NO6. The molecule has 0 amide bonds. The van der Waals surface area contributed by atoms with Gasteiger partial charge in [-0.25, -0.2) is 0 Å². The standard InChI is InChI=1S/C27H29Cl2NO6/c28-22-2-1-3-23(29)21(22)16-34-14-20-15-35-26-7-4-17(10-27(26)36-20)8-9-30-12-25(33)18-5-6-24(32)19(11-18)13-31/h1-7,10-11,20,25,30-33H,8-9,12-16H2/t20-,25?/m1/s1. The van der Waals surface area contributed by atoms with Crippen molar-refractivity contribution in [3.8, 4) is 17.2 Å². The zero-order chi connectivity index (χ0) is 25.5. The molecule has 0 fully saturated rings. The Kier molecular flexibility index (Phi) is 9.31. The molecule has 0 saturated carbocycles. The number of rotatable bonds is 11. The second-order valence-electron chi connectivity index (χ2n) is 8.56. The zero-order valence-electron chi connectivity index (χ0n) is 19.6. The van der Waals surface area contributed by atoms with Gasteiger partial charge in [0.05, 0.1) is 25.9 Å². The van der Waals surface area contributed by atoms with Crippen LogP contribution in [0.1, 0.15) is 28.4 Å². The normalized spacial score (nSPS) is 15.6. The molecular weight excluding hydrogens is 505 g/mol. The lowest BCUT2D eigenvalue weighted by atomic mass is 10.1. The quantitative estimate of drug-likeness (QED) is 0.271. The highest BCUT2D eigenvalue weighted by Crippen LogP contribution is 2.33. The van der Waals surface area contributed by atoms with Crippen molar-refractivity contribution in [3.63, 3.8) is 0 Å². The second kappa shape index (κ2) is 12.6. The van der Waals surface area contributed by atoms with E-state index in [4.69, 9.17) is 37.4 Å². The van der Waals surface area contributed by atoms with Gasteiger partial charge in [0.1, 0.15) is 12.4 Å². The first-order chi connectivity index (χ1) is 17.4. The van der Waals surface area contributed by atoms with Crippen molar-refractivity contribution in [1.82, 2.24) is 5.32 Å². The predicted octanol–water partition coefficient (Wildman–Crippen LogP) is 4.41. The molecule has 4 N–H and O–H groups in total. The van der Waals surface area contributed by atoms with E-state index in [0.29, 0.717) is 59.0 Å². The lowest BCUT2D eigenvalue weighted by Crippen LogP contribution is -2.33. The fourth-order valence-corrected chi connectivity index (χ4v) is 4.40. The van der Waals surface area contributed by atoms with Gasteiger partial charge in [0.2, 0.25) is 0 Å². The van der Waals surface area contributed by atoms with Gasteiger partial charge < -0.3 is 34.8 Å². The van der Waals surface area contributed by atoms with E-state index >= 15 is 0 Å². The number of ether oxygens (including phenoxy) is 3. The number of hydrogen-bond donors (Lipinski definition) is 4. The summed E-state index contributed by atoms with van der Waals surface area (Å²) in [4.78, 5) is 0. The van der Waals surface area contributed by atoms with Crippen LogP contribution in [0, 0.1) is 0 Å². The molecule has 2 atom stereocenters. The van der Waals surface area contributed by atoms with Gasteiger partial charge in [0.25, 0.3) is 0 Å². The van der Waals surface area contributed by atoms with Crippen LogP contribution in [0.25, 0.3) is 0 Å². The first-order valence-corrected chi connectivity index (χ1v) is 12.4. The summed E-state index contributed by atoms with van der Waals surface area (Å²) in [5, 5.41) is 33.7. The predicted molar refractivity (Wildman–Crippen MR) is 138 cm³/mol. The molecule has 36 heavy (non-hydrogen) atoms. The Labute approximate surface area is 220 Å². The minimum atomic E-state index is -0.752. The van der Waals surface area contributed by atoms with Crippen LogP contribution in [0.2, 0.25) is 10.0 Å². The Morgan fingerprint density at radius 1 is 1.06 bits per heavy atom. The number of hydrogen-bond acceptors (Lipinski definition) is 7. The molecule has 4 rings (SSSR count). The van der Waals surface area contributed by atoms with Crippen molar-refractivity contribution in [3.05, 3.63) is 86.9 Å². The van der Waals surface area contributed by atoms with E-state index in [1.165, 1.54) is 6.07 Å². The minimum absolute atomic E-state index is 0.0128. The Morgan fingerprint density at radius 3 is 2.64 bits per heavy atom. The van der Waals surface area contributed by atoms with Crippen molar-refractivity contribution >= 4 is 23.2 Å². The van der Waals surface area contributed by atoms with Crippen LogP contribution in [-0.4, -0.2) is 47.7 Å². The van der Waals surface area contributed by atoms with Crippen LogP contribution in [0.15, 0.2) is 54.6 Å². The van der Waals surface area contributed by atoms with E-state index in [1.807, 2.05) is 18.2 Å². The number of phenols is 1. The van der Waals surface area contributed by atoms with Gasteiger partial charge in [-0.2, -0.15) is 0 Å². The number of fused-ring (bicyclic) bond motifs is 1. The Balaban J connectivity index is 1.23. The molecule has 9 heteroatoms. The Bertz CT molecular complexity index is 1150. The zero-order valence-corrected chi connectivity index (χ0v) is 21.1. The van der Waals surface area contributed by atoms with E-state index in [-0.39, 0.29) is 25.1 Å². The highest BCUT2D eigenvalue weighted by Gasteiger charge is 2.22. The third-order valence-electron chi connectivity index (χ3n) is 5.93. The van der Waals surface area contributed by atoms with E-state index in [0.717, 1.165) is 17.5 Å². The lowest BCUT2D eigenvalue weighted by Gasteiger charge is -2.27. The Hall–Kier alpha value is -2.52. The van der Waals surface area contributed by atoms with Crippen LogP contribution < -0.4 is 14.8 Å². The first-order valence-electron chi connectivity index (χ1n) is 11.7. The molecule has 1 unspecified atom stereocenters. The van der Waals surface area contributed by atoms with E-state index < -0.39 is 6.10 Å². The number of halogens is 2. The smallest absolute Gasteiger partial charge is 0.162 e. The molecule has 0 aromatic heterocycles. The number of aliphatic hydroxyl groups is 2. The van der Waals surface area contributed by atoms with Gasteiger partial charge in [0, 0.05) is 27.7 Å². The highest BCUT2D eigenvalue weighted by atomic mass is 35.5. The summed E-state index contributed by atoms with van der Waals surface area (Å²) in [5.41, 5.74) is 2.83. The number of aliphatic hydroxyl groups excluding tert-OH is 2. The van der Waals surface area contributed by atoms with Gasteiger partial charge >= 0.3 is 0 Å². The summed E-state index contributed by atoms with van der Waals surface area (Å²) in [6, 6.07) is 15.9. The molecule has 0 radical (unpaired) electrons. The maximum absolute atomic E-state index is 10.4. The maximum atomic E-state index is 10.4. The molecule has 1 aliphatic rings. The summed E-state index contributed by atoms with van der Waals surface area (Å²) in [5.74, 6) is 1.38. The van der Waals surface area contributed by atoms with E-state index in [9.17, 15) is 15.3 Å². The first kappa shape index (κ1) is 26.5. The van der Waals surface area contributed by atoms with Gasteiger partial charge in [-0.3, -0.25) is 0 Å². The average Bonchev–Trinajstić information content (AvgIpc) is 2.88. The van der Waals surface area contributed by atoms with Gasteiger partial charge in [0.15, 0.2) is 17.6 Å². The van der Waals surface area contributed by atoms with Crippen molar-refractivity contribution < 1.29 is 29.5 Å². The molecule has 3 aromatic carbocycles. The van der Waals surface area contributed by atoms with Crippen LogP contribution in [0.4, 0.5) is 0 Å². The van der Waals surface area contributed by atoms with Crippen LogP contribution >= 0.6 is 23.2 Å². The van der Waals surface area contributed by atoms with Crippen LogP contribution in [0.5, 0.6) is 17.2 Å². The molecule has 0 spiro atoms. The highest BCUT2D eigenvalue weighted by molar-refractivity contribution is 6.35.